The van der Waals surface area contributed by atoms with E-state index in [9.17, 15) is 18.0 Å². The van der Waals surface area contributed by atoms with Crippen LogP contribution in [0, 0.1) is 6.92 Å². The van der Waals surface area contributed by atoms with Crippen LogP contribution in [0.1, 0.15) is 36.8 Å². The van der Waals surface area contributed by atoms with Gasteiger partial charge in [0.15, 0.2) is 0 Å². The number of hydrogen-bond acceptors (Lipinski definition) is 4. The van der Waals surface area contributed by atoms with Crippen molar-refractivity contribution in [3.05, 3.63) is 53.6 Å². The van der Waals surface area contributed by atoms with Gasteiger partial charge in [0, 0.05) is 30.6 Å². The minimum Gasteiger partial charge on any atom is -0.475 e. The molecule has 0 saturated carbocycles. The van der Waals surface area contributed by atoms with Crippen LogP contribution in [0.3, 0.4) is 0 Å². The summed E-state index contributed by atoms with van der Waals surface area (Å²) in [6.07, 6.45) is -1.59. The van der Waals surface area contributed by atoms with E-state index < -0.39 is 12.1 Å². The number of carbonyl (C=O) groups is 2. The molecule has 1 aliphatic rings. The number of aryl methyl sites for hydroxylation is 1. The summed E-state index contributed by atoms with van der Waals surface area (Å²) in [6, 6.07) is 10.1. The molecule has 0 aromatic carbocycles. The SMILES string of the molecule is CCCC(=O)N1Cc2cccn2CC(OCc2cccc(C)n2)C1.O=C(O)C(F)(F)F. The molecule has 170 valence electrons. The Balaban J connectivity index is 0.000000423. The third-order valence-corrected chi connectivity index (χ3v) is 4.57. The summed E-state index contributed by atoms with van der Waals surface area (Å²) >= 11 is 0. The van der Waals surface area contributed by atoms with Crippen molar-refractivity contribution in [2.75, 3.05) is 6.54 Å². The van der Waals surface area contributed by atoms with E-state index in [4.69, 9.17) is 14.6 Å². The molecule has 0 radical (unpaired) electrons. The lowest BCUT2D eigenvalue weighted by Crippen LogP contribution is -2.37. The van der Waals surface area contributed by atoms with Gasteiger partial charge in [-0.1, -0.05) is 13.0 Å². The number of nitrogens with zero attached hydrogens (tertiary/aromatic N) is 3. The van der Waals surface area contributed by atoms with Crippen molar-refractivity contribution in [3.8, 4) is 0 Å². The van der Waals surface area contributed by atoms with E-state index in [-0.39, 0.29) is 12.0 Å². The molecule has 0 spiro atoms. The van der Waals surface area contributed by atoms with E-state index in [2.05, 4.69) is 21.8 Å². The number of hydrogen-bond donors (Lipinski definition) is 1. The standard InChI is InChI=1S/C19H25N3O2.C2HF3O2/c1-3-6-19(23)22-11-17-9-5-10-21(17)12-18(13-22)24-14-16-8-4-7-15(2)20-16;3-2(4,5)1(6)7/h4-5,7-10,18H,3,6,11-14H2,1-2H3;(H,6,7). The van der Waals surface area contributed by atoms with Gasteiger partial charge in [-0.15, -0.1) is 0 Å². The van der Waals surface area contributed by atoms with Gasteiger partial charge in [-0.2, -0.15) is 13.2 Å². The first-order valence-corrected chi connectivity index (χ1v) is 9.86. The van der Waals surface area contributed by atoms with Crippen LogP contribution < -0.4 is 0 Å². The van der Waals surface area contributed by atoms with Gasteiger partial charge in [0.1, 0.15) is 0 Å². The van der Waals surface area contributed by atoms with Crippen molar-refractivity contribution < 1.29 is 32.6 Å². The molecular weight excluding hydrogens is 415 g/mol. The molecule has 0 aliphatic carbocycles. The molecule has 1 atom stereocenters. The van der Waals surface area contributed by atoms with Crippen LogP contribution in [0.15, 0.2) is 36.5 Å². The fraction of sp³-hybridized carbons (Fsp3) is 0.476. The fourth-order valence-corrected chi connectivity index (χ4v) is 3.10. The maximum atomic E-state index is 12.4. The Morgan fingerprint density at radius 3 is 2.55 bits per heavy atom. The van der Waals surface area contributed by atoms with E-state index in [1.54, 1.807) is 0 Å². The topological polar surface area (TPSA) is 84.7 Å². The molecule has 0 fully saturated rings. The number of halogens is 3. The lowest BCUT2D eigenvalue weighted by molar-refractivity contribution is -0.192. The van der Waals surface area contributed by atoms with Crippen molar-refractivity contribution in [2.24, 2.45) is 0 Å². The average molecular weight is 441 g/mol. The van der Waals surface area contributed by atoms with Crippen LogP contribution in [0.4, 0.5) is 13.2 Å². The normalized spacial score (nSPS) is 16.0. The zero-order valence-corrected chi connectivity index (χ0v) is 17.4. The third kappa shape index (κ3) is 7.71. The van der Waals surface area contributed by atoms with Crippen molar-refractivity contribution >= 4 is 11.9 Å². The Morgan fingerprint density at radius 2 is 1.94 bits per heavy atom. The van der Waals surface area contributed by atoms with Gasteiger partial charge in [-0.25, -0.2) is 4.79 Å². The van der Waals surface area contributed by atoms with Crippen molar-refractivity contribution in [1.29, 1.82) is 0 Å². The highest BCUT2D eigenvalue weighted by Gasteiger charge is 2.38. The number of carboxylic acid groups (broad SMARTS) is 1. The van der Waals surface area contributed by atoms with E-state index in [1.807, 2.05) is 43.0 Å². The molecule has 0 saturated heterocycles. The molecule has 1 unspecified atom stereocenters. The first kappa shape index (κ1) is 24.4. The summed E-state index contributed by atoms with van der Waals surface area (Å²) in [7, 11) is 0. The smallest absolute Gasteiger partial charge is 0.475 e. The summed E-state index contributed by atoms with van der Waals surface area (Å²) in [5.41, 5.74) is 3.09. The Hall–Kier alpha value is -2.88. The summed E-state index contributed by atoms with van der Waals surface area (Å²) < 4.78 is 40.0. The quantitative estimate of drug-likeness (QED) is 0.767. The molecular formula is C21H26F3N3O4. The Morgan fingerprint density at radius 1 is 1.23 bits per heavy atom. The zero-order valence-electron chi connectivity index (χ0n) is 17.4. The van der Waals surface area contributed by atoms with Crippen LogP contribution in [-0.4, -0.2) is 50.3 Å². The lowest BCUT2D eigenvalue weighted by Gasteiger charge is -2.24. The summed E-state index contributed by atoms with van der Waals surface area (Å²) in [4.78, 5) is 27.7. The third-order valence-electron chi connectivity index (χ3n) is 4.57. The Bertz CT molecular complexity index is 883. The van der Waals surface area contributed by atoms with Gasteiger partial charge < -0.3 is 19.3 Å². The molecule has 3 rings (SSSR count). The van der Waals surface area contributed by atoms with Crippen LogP contribution in [0.5, 0.6) is 0 Å². The summed E-state index contributed by atoms with van der Waals surface area (Å²) in [6.45, 7) is 6.55. The van der Waals surface area contributed by atoms with Gasteiger partial charge in [0.2, 0.25) is 5.91 Å². The number of carboxylic acids is 1. The van der Waals surface area contributed by atoms with Gasteiger partial charge in [0.25, 0.3) is 0 Å². The van der Waals surface area contributed by atoms with E-state index in [0.717, 1.165) is 24.4 Å². The molecule has 7 nitrogen and oxygen atoms in total. The average Bonchev–Trinajstić information content (AvgIpc) is 3.04. The predicted molar refractivity (Wildman–Crippen MR) is 106 cm³/mol. The van der Waals surface area contributed by atoms with E-state index in [1.165, 1.54) is 5.69 Å². The fourth-order valence-electron chi connectivity index (χ4n) is 3.10. The second kappa shape index (κ2) is 10.9. The minimum absolute atomic E-state index is 0.0261. The molecule has 2 aromatic heterocycles. The molecule has 1 N–H and O–H groups in total. The molecule has 3 heterocycles. The maximum Gasteiger partial charge on any atom is 0.490 e. The van der Waals surface area contributed by atoms with Crippen molar-refractivity contribution in [2.45, 2.75) is 58.7 Å². The molecule has 31 heavy (non-hydrogen) atoms. The van der Waals surface area contributed by atoms with Crippen molar-refractivity contribution in [1.82, 2.24) is 14.5 Å². The Kier molecular flexibility index (Phi) is 8.61. The number of rotatable bonds is 5. The second-order valence-electron chi connectivity index (χ2n) is 7.18. The van der Waals surface area contributed by atoms with Crippen LogP contribution in [0.25, 0.3) is 0 Å². The number of pyridine rings is 1. The number of aromatic nitrogens is 2. The Labute approximate surface area is 178 Å². The van der Waals surface area contributed by atoms with Crippen LogP contribution >= 0.6 is 0 Å². The molecule has 0 bridgehead atoms. The molecule has 2 aromatic rings. The van der Waals surface area contributed by atoms with Crippen LogP contribution in [0.2, 0.25) is 0 Å². The first-order chi connectivity index (χ1) is 14.6. The summed E-state index contributed by atoms with van der Waals surface area (Å²) in [5.74, 6) is -2.55. The molecule has 1 aliphatic heterocycles. The predicted octanol–water partition coefficient (Wildman–Crippen LogP) is 3.55. The summed E-state index contributed by atoms with van der Waals surface area (Å²) in [5, 5.41) is 7.12. The maximum absolute atomic E-state index is 12.4. The van der Waals surface area contributed by atoms with Gasteiger partial charge in [-0.05, 0) is 37.6 Å². The lowest BCUT2D eigenvalue weighted by atomic mass is 10.2. The molecule has 10 heteroatoms. The number of fused-ring (bicyclic) bond motifs is 1. The highest BCUT2D eigenvalue weighted by Crippen LogP contribution is 2.17. The first-order valence-electron chi connectivity index (χ1n) is 9.86. The highest BCUT2D eigenvalue weighted by atomic mass is 19.4. The highest BCUT2D eigenvalue weighted by molar-refractivity contribution is 5.76. The van der Waals surface area contributed by atoms with Crippen molar-refractivity contribution in [3.63, 3.8) is 0 Å². The van der Waals surface area contributed by atoms with Gasteiger partial charge in [0.05, 0.1) is 31.5 Å². The number of aliphatic carboxylic acids is 1. The van der Waals surface area contributed by atoms with Crippen LogP contribution in [-0.2, 0) is 34.0 Å². The largest absolute Gasteiger partial charge is 0.490 e. The van der Waals surface area contributed by atoms with Gasteiger partial charge >= 0.3 is 12.1 Å². The van der Waals surface area contributed by atoms with E-state index >= 15 is 0 Å². The molecule has 1 amide bonds. The number of alkyl halides is 3. The monoisotopic (exact) mass is 441 g/mol. The van der Waals surface area contributed by atoms with E-state index in [0.29, 0.717) is 26.1 Å². The number of amides is 1. The number of carbonyl (C=O) groups excluding carboxylic acids is 1. The zero-order chi connectivity index (χ0) is 23.0. The number of ether oxygens (including phenoxy) is 1. The van der Waals surface area contributed by atoms with Gasteiger partial charge in [-0.3, -0.25) is 9.78 Å². The minimum atomic E-state index is -5.08. The second-order valence-corrected chi connectivity index (χ2v) is 7.18.